The smallest absolute Gasteiger partial charge is 0.545 e. The number of rotatable bonds is 4. The molecule has 0 unspecified atom stereocenters. The second kappa shape index (κ2) is 7.45. The Hall–Kier alpha value is -1.81. The number of aromatic carboxylic acids is 1. The zero-order chi connectivity index (χ0) is 14.7. The van der Waals surface area contributed by atoms with Crippen LogP contribution in [0.25, 0.3) is 10.8 Å². The van der Waals surface area contributed by atoms with Crippen molar-refractivity contribution in [3.63, 3.8) is 0 Å². The van der Waals surface area contributed by atoms with Crippen LogP contribution in [-0.2, 0) is 6.61 Å². The van der Waals surface area contributed by atoms with E-state index in [-0.39, 0.29) is 35.1 Å². The Kier molecular flexibility index (Phi) is 5.61. The summed E-state index contributed by atoms with van der Waals surface area (Å²) in [6.07, 6.45) is 0. The average Bonchev–Trinajstić information content (AvgIpc) is 2.53. The first-order valence-electron chi connectivity index (χ1n) is 6.65. The van der Waals surface area contributed by atoms with Gasteiger partial charge in [0.2, 0.25) is 0 Å². The van der Waals surface area contributed by atoms with Crippen LogP contribution in [0.2, 0.25) is 0 Å². The molecule has 0 fully saturated rings. The number of carbonyl (C=O) groups excluding carboxylic acids is 1. The molecule has 0 saturated carbocycles. The number of hydrogen-bond donors (Lipinski definition) is 0. The molecular weight excluding hydrogens is 287 g/mol. The fraction of sp³-hybridized carbons (Fsp3) is 0.0556. The summed E-state index contributed by atoms with van der Waals surface area (Å²) < 4.78 is 5.72. The Morgan fingerprint density at radius 3 is 2.32 bits per heavy atom. The zero-order valence-electron chi connectivity index (χ0n) is 12.3. The predicted octanol–water partition coefficient (Wildman–Crippen LogP) is -0.214. The van der Waals surface area contributed by atoms with Gasteiger partial charge < -0.3 is 14.6 Å². The first-order valence-corrected chi connectivity index (χ1v) is 6.65. The number of hydrogen-bond acceptors (Lipinski definition) is 3. The third-order valence-electron chi connectivity index (χ3n) is 3.36. The molecule has 3 aromatic rings. The molecule has 104 valence electrons. The third kappa shape index (κ3) is 3.69. The number of carbonyl (C=O) groups is 1. The summed E-state index contributed by atoms with van der Waals surface area (Å²) in [6, 6.07) is 20.5. The quantitative estimate of drug-likeness (QED) is 0.626. The Balaban J connectivity index is 0.00000176. The van der Waals surface area contributed by atoms with Gasteiger partial charge in [-0.3, -0.25) is 0 Å². The Bertz CT molecular complexity index is 776. The normalized spacial score (nSPS) is 10.0. The van der Waals surface area contributed by atoms with E-state index in [1.165, 1.54) is 17.5 Å². The molecule has 0 spiro atoms. The number of carboxylic acid groups (broad SMARTS) is 1. The summed E-state index contributed by atoms with van der Waals surface area (Å²) in [6.45, 7) is 0.437. The SMILES string of the molecule is O=C([O-])c1ccc(OCc2cccc3ccccc23)cc1.[Na+]. The van der Waals surface area contributed by atoms with Crippen molar-refractivity contribution in [3.05, 3.63) is 77.9 Å². The second-order valence-electron chi connectivity index (χ2n) is 4.74. The molecule has 0 amide bonds. The maximum Gasteiger partial charge on any atom is 1.00 e. The predicted molar refractivity (Wildman–Crippen MR) is 79.1 cm³/mol. The van der Waals surface area contributed by atoms with Crippen molar-refractivity contribution in [2.75, 3.05) is 0 Å². The van der Waals surface area contributed by atoms with Crippen molar-refractivity contribution in [2.45, 2.75) is 6.61 Å². The van der Waals surface area contributed by atoms with Crippen molar-refractivity contribution in [3.8, 4) is 5.75 Å². The molecule has 22 heavy (non-hydrogen) atoms. The number of carboxylic acids is 1. The minimum absolute atomic E-state index is 0. The number of ether oxygens (including phenoxy) is 1. The molecule has 3 nitrogen and oxygen atoms in total. The van der Waals surface area contributed by atoms with Crippen LogP contribution in [0, 0.1) is 0 Å². The summed E-state index contributed by atoms with van der Waals surface area (Å²) in [7, 11) is 0. The molecule has 3 aromatic carbocycles. The molecular formula is C18H13NaO3. The van der Waals surface area contributed by atoms with Gasteiger partial charge in [-0.2, -0.15) is 0 Å². The molecule has 0 N–H and O–H groups in total. The monoisotopic (exact) mass is 300 g/mol. The van der Waals surface area contributed by atoms with Gasteiger partial charge in [0, 0.05) is 0 Å². The van der Waals surface area contributed by atoms with Crippen LogP contribution in [0.5, 0.6) is 5.75 Å². The zero-order valence-corrected chi connectivity index (χ0v) is 14.3. The first kappa shape index (κ1) is 16.6. The van der Waals surface area contributed by atoms with Crippen molar-refractivity contribution in [1.29, 1.82) is 0 Å². The maximum absolute atomic E-state index is 10.7. The molecule has 0 saturated heterocycles. The number of fused-ring (bicyclic) bond motifs is 1. The fourth-order valence-electron chi connectivity index (χ4n) is 2.27. The minimum Gasteiger partial charge on any atom is -0.545 e. The van der Waals surface area contributed by atoms with E-state index in [1.807, 2.05) is 24.3 Å². The van der Waals surface area contributed by atoms with Gasteiger partial charge in [0.15, 0.2) is 0 Å². The molecule has 3 rings (SSSR count). The Morgan fingerprint density at radius 1 is 0.909 bits per heavy atom. The molecule has 0 heterocycles. The van der Waals surface area contributed by atoms with E-state index in [0.717, 1.165) is 10.9 Å². The van der Waals surface area contributed by atoms with E-state index in [2.05, 4.69) is 18.2 Å². The second-order valence-corrected chi connectivity index (χ2v) is 4.74. The van der Waals surface area contributed by atoms with Crippen LogP contribution >= 0.6 is 0 Å². The first-order chi connectivity index (χ1) is 10.2. The molecule has 0 bridgehead atoms. The molecule has 0 atom stereocenters. The summed E-state index contributed by atoms with van der Waals surface area (Å²) in [4.78, 5) is 10.7. The van der Waals surface area contributed by atoms with Crippen molar-refractivity contribution in [1.82, 2.24) is 0 Å². The maximum atomic E-state index is 10.7. The Morgan fingerprint density at radius 2 is 1.59 bits per heavy atom. The van der Waals surface area contributed by atoms with E-state index in [4.69, 9.17) is 4.74 Å². The van der Waals surface area contributed by atoms with Crippen LogP contribution < -0.4 is 39.4 Å². The van der Waals surface area contributed by atoms with E-state index < -0.39 is 5.97 Å². The van der Waals surface area contributed by atoms with Gasteiger partial charge in [-0.1, -0.05) is 42.5 Å². The van der Waals surface area contributed by atoms with Crippen molar-refractivity contribution in [2.24, 2.45) is 0 Å². The van der Waals surface area contributed by atoms with E-state index in [1.54, 1.807) is 12.1 Å². The van der Waals surface area contributed by atoms with Gasteiger partial charge in [0.25, 0.3) is 0 Å². The van der Waals surface area contributed by atoms with Crippen molar-refractivity contribution >= 4 is 16.7 Å². The largest absolute Gasteiger partial charge is 1.00 e. The van der Waals surface area contributed by atoms with Crippen LogP contribution in [-0.4, -0.2) is 5.97 Å². The van der Waals surface area contributed by atoms with Gasteiger partial charge in [-0.15, -0.1) is 0 Å². The van der Waals surface area contributed by atoms with E-state index in [0.29, 0.717) is 12.4 Å². The van der Waals surface area contributed by atoms with Gasteiger partial charge in [-0.25, -0.2) is 0 Å². The van der Waals surface area contributed by atoms with E-state index in [9.17, 15) is 9.90 Å². The topological polar surface area (TPSA) is 49.4 Å². The van der Waals surface area contributed by atoms with Crippen LogP contribution in [0.4, 0.5) is 0 Å². The summed E-state index contributed by atoms with van der Waals surface area (Å²) in [5.74, 6) is -0.552. The average molecular weight is 300 g/mol. The molecule has 0 aromatic heterocycles. The standard InChI is InChI=1S/C18H14O3.Na/c19-18(20)14-8-10-16(11-9-14)21-12-15-6-3-5-13-4-1-2-7-17(13)15;/h1-11H,12H2,(H,19,20);/q;+1/p-1. The number of benzene rings is 3. The van der Waals surface area contributed by atoms with Gasteiger partial charge in [0.05, 0.1) is 5.97 Å². The summed E-state index contributed by atoms with van der Waals surface area (Å²) in [5, 5.41) is 13.0. The molecule has 0 aliphatic heterocycles. The molecule has 0 aliphatic rings. The Labute approximate surface area is 150 Å². The third-order valence-corrected chi connectivity index (χ3v) is 3.36. The van der Waals surface area contributed by atoms with Gasteiger partial charge in [-0.05, 0) is 46.2 Å². The van der Waals surface area contributed by atoms with Crippen LogP contribution in [0.3, 0.4) is 0 Å². The molecule has 0 radical (unpaired) electrons. The van der Waals surface area contributed by atoms with Crippen LogP contribution in [0.1, 0.15) is 15.9 Å². The fourth-order valence-corrected chi connectivity index (χ4v) is 2.27. The van der Waals surface area contributed by atoms with Gasteiger partial charge >= 0.3 is 29.6 Å². The van der Waals surface area contributed by atoms with Gasteiger partial charge in [0.1, 0.15) is 12.4 Å². The molecule has 0 aliphatic carbocycles. The summed E-state index contributed by atoms with van der Waals surface area (Å²) in [5.41, 5.74) is 1.24. The van der Waals surface area contributed by atoms with Crippen LogP contribution in [0.15, 0.2) is 66.7 Å². The molecule has 4 heteroatoms. The van der Waals surface area contributed by atoms with E-state index >= 15 is 0 Å². The van der Waals surface area contributed by atoms with Crippen molar-refractivity contribution < 1.29 is 44.2 Å². The summed E-state index contributed by atoms with van der Waals surface area (Å²) >= 11 is 0. The minimum atomic E-state index is -1.18.